The van der Waals surface area contributed by atoms with Crippen LogP contribution >= 0.6 is 11.8 Å². The van der Waals surface area contributed by atoms with Gasteiger partial charge in [0, 0.05) is 11.7 Å². The average molecular weight is 473 g/mol. The summed E-state index contributed by atoms with van der Waals surface area (Å²) in [5, 5.41) is 20.4. The molecule has 1 amide bonds. The summed E-state index contributed by atoms with van der Waals surface area (Å²) in [5.74, 6) is -0.617. The van der Waals surface area contributed by atoms with E-state index >= 15 is 0 Å². The number of carbonyl (C=O) groups is 2. The second-order valence-electron chi connectivity index (χ2n) is 7.65. The van der Waals surface area contributed by atoms with Crippen molar-refractivity contribution in [1.29, 1.82) is 0 Å². The molecule has 3 aromatic rings. The maximum Gasteiger partial charge on any atom is 0.335 e. The summed E-state index contributed by atoms with van der Waals surface area (Å²) in [6.45, 7) is 7.51. The lowest BCUT2D eigenvalue weighted by atomic mass is 10.2. The number of carboxylic acids is 1. The quantitative estimate of drug-likeness (QED) is 0.424. The fourth-order valence-corrected chi connectivity index (χ4v) is 4.07. The largest absolute Gasteiger partial charge is 0.483 e. The Kier molecular flexibility index (Phi) is 7.70. The van der Waals surface area contributed by atoms with Gasteiger partial charge in [-0.15, -0.1) is 10.2 Å². The van der Waals surface area contributed by atoms with Gasteiger partial charge in [-0.3, -0.25) is 4.79 Å². The van der Waals surface area contributed by atoms with E-state index in [-0.39, 0.29) is 23.3 Å². The third kappa shape index (κ3) is 6.10. The zero-order valence-corrected chi connectivity index (χ0v) is 19.5. The molecule has 2 aromatic carbocycles. The minimum absolute atomic E-state index is 0.000669. The van der Waals surface area contributed by atoms with Crippen molar-refractivity contribution in [3.63, 3.8) is 0 Å². The van der Waals surface area contributed by atoms with E-state index in [1.165, 1.54) is 36.0 Å². The van der Waals surface area contributed by atoms with Crippen molar-refractivity contribution in [1.82, 2.24) is 14.8 Å². The van der Waals surface area contributed by atoms with Gasteiger partial charge < -0.3 is 19.7 Å². The molecule has 2 N–H and O–H groups in total. The Morgan fingerprint density at radius 1 is 1.09 bits per heavy atom. The van der Waals surface area contributed by atoms with Crippen molar-refractivity contribution in [2.75, 3.05) is 5.32 Å². The lowest BCUT2D eigenvalue weighted by molar-refractivity contribution is -0.115. The van der Waals surface area contributed by atoms with E-state index in [9.17, 15) is 14.0 Å². The summed E-state index contributed by atoms with van der Waals surface area (Å²) < 4.78 is 20.9. The summed E-state index contributed by atoms with van der Waals surface area (Å²) in [5.41, 5.74) is 0.493. The zero-order valence-electron chi connectivity index (χ0n) is 18.7. The third-order valence-electron chi connectivity index (χ3n) is 4.73. The van der Waals surface area contributed by atoms with Crippen molar-refractivity contribution in [3.8, 4) is 5.75 Å². The number of benzene rings is 2. The lowest BCUT2D eigenvalue weighted by Gasteiger charge is -2.19. The smallest absolute Gasteiger partial charge is 0.335 e. The van der Waals surface area contributed by atoms with Gasteiger partial charge in [-0.05, 0) is 70.2 Å². The molecule has 33 heavy (non-hydrogen) atoms. The Labute approximate surface area is 195 Å². The first-order valence-corrected chi connectivity index (χ1v) is 11.2. The molecule has 1 heterocycles. The number of nitrogens with one attached hydrogen (secondary N) is 1. The Hall–Kier alpha value is -3.40. The maximum absolute atomic E-state index is 13.2. The number of halogens is 1. The molecule has 2 atom stereocenters. The summed E-state index contributed by atoms with van der Waals surface area (Å²) in [6.07, 6.45) is -0.456. The topological polar surface area (TPSA) is 106 Å². The van der Waals surface area contributed by atoms with Crippen LogP contribution in [0.25, 0.3) is 0 Å². The fraction of sp³-hybridized carbons (Fsp3) is 0.304. The minimum atomic E-state index is -1.07. The van der Waals surface area contributed by atoms with Gasteiger partial charge in [0.15, 0.2) is 17.1 Å². The molecule has 2 unspecified atom stereocenters. The van der Waals surface area contributed by atoms with Crippen LogP contribution in [-0.2, 0) is 4.79 Å². The Balaban J connectivity index is 1.73. The highest BCUT2D eigenvalue weighted by Crippen LogP contribution is 2.30. The number of aromatic nitrogens is 3. The molecule has 0 saturated carbocycles. The fourth-order valence-electron chi connectivity index (χ4n) is 3.09. The third-order valence-corrected chi connectivity index (χ3v) is 5.78. The van der Waals surface area contributed by atoms with Crippen LogP contribution in [0.2, 0.25) is 0 Å². The molecule has 0 radical (unpaired) electrons. The highest BCUT2D eigenvalue weighted by molar-refractivity contribution is 8.00. The molecule has 8 nitrogen and oxygen atoms in total. The maximum atomic E-state index is 13.2. The first kappa shape index (κ1) is 24.2. The van der Waals surface area contributed by atoms with Gasteiger partial charge in [-0.2, -0.15) is 0 Å². The van der Waals surface area contributed by atoms with Crippen molar-refractivity contribution in [2.24, 2.45) is 0 Å². The van der Waals surface area contributed by atoms with Crippen LogP contribution in [0.5, 0.6) is 5.75 Å². The van der Waals surface area contributed by atoms with Crippen molar-refractivity contribution in [3.05, 3.63) is 65.7 Å². The van der Waals surface area contributed by atoms with E-state index in [1.54, 1.807) is 31.2 Å². The molecule has 0 saturated heterocycles. The number of nitrogens with zero attached hydrogens (tertiary/aromatic N) is 3. The summed E-state index contributed by atoms with van der Waals surface area (Å²) in [7, 11) is 0. The van der Waals surface area contributed by atoms with E-state index in [2.05, 4.69) is 15.5 Å². The highest BCUT2D eigenvalue weighted by Gasteiger charge is 2.25. The van der Waals surface area contributed by atoms with Crippen LogP contribution in [0, 0.1) is 5.82 Å². The number of anilines is 1. The van der Waals surface area contributed by atoms with E-state index < -0.39 is 17.3 Å². The molecular formula is C23H25FN4O4S. The minimum Gasteiger partial charge on any atom is -0.483 e. The number of amides is 1. The molecule has 0 aliphatic carbocycles. The standard InChI is InChI=1S/C23H25FN4O4S/c1-13(2)28-20(14(3)32-19-10-8-17(24)9-11-19)26-27-23(28)33-15(4)21(29)25-18-7-5-6-16(12-18)22(30)31/h5-15H,1-4H3,(H,25,29)(H,30,31). The van der Waals surface area contributed by atoms with Gasteiger partial charge in [-0.1, -0.05) is 17.8 Å². The van der Waals surface area contributed by atoms with Gasteiger partial charge in [0.1, 0.15) is 11.6 Å². The number of rotatable bonds is 9. The molecule has 0 bridgehead atoms. The molecule has 0 aliphatic heterocycles. The molecule has 174 valence electrons. The number of aromatic carboxylic acids is 1. The van der Waals surface area contributed by atoms with E-state index in [0.717, 1.165) is 0 Å². The van der Waals surface area contributed by atoms with Crippen LogP contribution in [0.3, 0.4) is 0 Å². The normalized spacial score (nSPS) is 12.9. The highest BCUT2D eigenvalue weighted by atomic mass is 32.2. The summed E-state index contributed by atoms with van der Waals surface area (Å²) in [6, 6.07) is 11.8. The van der Waals surface area contributed by atoms with Crippen LogP contribution in [-0.4, -0.2) is 37.0 Å². The van der Waals surface area contributed by atoms with Gasteiger partial charge >= 0.3 is 5.97 Å². The second-order valence-corrected chi connectivity index (χ2v) is 8.96. The number of ether oxygens (including phenoxy) is 1. The van der Waals surface area contributed by atoms with Gasteiger partial charge in [0.2, 0.25) is 5.91 Å². The van der Waals surface area contributed by atoms with E-state index in [4.69, 9.17) is 9.84 Å². The first-order chi connectivity index (χ1) is 15.7. The number of carboxylic acid groups (broad SMARTS) is 1. The molecule has 0 fully saturated rings. The predicted molar refractivity (Wildman–Crippen MR) is 123 cm³/mol. The Morgan fingerprint density at radius 3 is 2.42 bits per heavy atom. The van der Waals surface area contributed by atoms with Gasteiger partial charge in [0.25, 0.3) is 0 Å². The van der Waals surface area contributed by atoms with Crippen LogP contribution in [0.1, 0.15) is 56.0 Å². The van der Waals surface area contributed by atoms with Crippen molar-refractivity contribution < 1.29 is 23.8 Å². The number of hydrogen-bond donors (Lipinski definition) is 2. The SMILES string of the molecule is CC(Sc1nnc(C(C)Oc2ccc(F)cc2)n1C(C)C)C(=O)Nc1cccc(C(=O)O)c1. The molecule has 0 spiro atoms. The first-order valence-electron chi connectivity index (χ1n) is 10.3. The molecule has 1 aromatic heterocycles. The zero-order chi connectivity index (χ0) is 24.1. The molecular weight excluding hydrogens is 447 g/mol. The number of hydrogen-bond acceptors (Lipinski definition) is 6. The second kappa shape index (κ2) is 10.5. The summed E-state index contributed by atoms with van der Waals surface area (Å²) >= 11 is 1.24. The van der Waals surface area contributed by atoms with Crippen LogP contribution in [0.15, 0.2) is 53.7 Å². The van der Waals surface area contributed by atoms with Crippen LogP contribution < -0.4 is 10.1 Å². The lowest BCUT2D eigenvalue weighted by Crippen LogP contribution is -2.23. The predicted octanol–water partition coefficient (Wildman–Crippen LogP) is 4.96. The van der Waals surface area contributed by atoms with E-state index in [0.29, 0.717) is 22.4 Å². The summed E-state index contributed by atoms with van der Waals surface area (Å²) in [4.78, 5) is 23.8. The van der Waals surface area contributed by atoms with Crippen LogP contribution in [0.4, 0.5) is 10.1 Å². The monoisotopic (exact) mass is 472 g/mol. The Bertz CT molecular complexity index is 1130. The average Bonchev–Trinajstić information content (AvgIpc) is 3.19. The number of carbonyl (C=O) groups excluding carboxylic acids is 1. The van der Waals surface area contributed by atoms with Gasteiger partial charge in [0.05, 0.1) is 10.8 Å². The van der Waals surface area contributed by atoms with Crippen molar-refractivity contribution >= 4 is 29.3 Å². The Morgan fingerprint density at radius 2 is 1.79 bits per heavy atom. The molecule has 10 heteroatoms. The molecule has 0 aliphatic rings. The molecule has 3 rings (SSSR count). The van der Waals surface area contributed by atoms with E-state index in [1.807, 2.05) is 25.3 Å². The van der Waals surface area contributed by atoms with Gasteiger partial charge in [-0.25, -0.2) is 9.18 Å². The van der Waals surface area contributed by atoms with Crippen molar-refractivity contribution in [2.45, 2.75) is 50.2 Å². The number of thioether (sulfide) groups is 1.